The van der Waals surface area contributed by atoms with Gasteiger partial charge in [0, 0.05) is 18.2 Å². The van der Waals surface area contributed by atoms with E-state index in [9.17, 15) is 23.1 Å². The van der Waals surface area contributed by atoms with Crippen molar-refractivity contribution in [3.05, 3.63) is 69.3 Å². The van der Waals surface area contributed by atoms with Crippen LogP contribution in [0.5, 0.6) is 5.75 Å². The minimum atomic E-state index is -2.99. The van der Waals surface area contributed by atoms with Crippen molar-refractivity contribution in [2.24, 2.45) is 7.05 Å². The van der Waals surface area contributed by atoms with Crippen LogP contribution in [0.4, 0.5) is 13.2 Å². The van der Waals surface area contributed by atoms with Crippen LogP contribution in [0.3, 0.4) is 0 Å². The molecule has 0 fully saturated rings. The molecule has 0 saturated carbocycles. The van der Waals surface area contributed by atoms with Gasteiger partial charge in [0.2, 0.25) is 0 Å². The van der Waals surface area contributed by atoms with Gasteiger partial charge in [-0.15, -0.1) is 0 Å². The standard InChI is InChI=1S/C24H25F3N2O4/c1-13-4-6-22(33-24(26)27)16(8-13)11-29-20-10-17(15-5-7-21(14(2)30)32-12-15)19(25)9-18(20)23(31)28(29)3/h4-6,8-10,14,21,24,30H,7,11-12H2,1-3H3. The zero-order valence-corrected chi connectivity index (χ0v) is 18.5. The molecular weight excluding hydrogens is 437 g/mol. The first-order valence-electron chi connectivity index (χ1n) is 10.6. The lowest BCUT2D eigenvalue weighted by molar-refractivity contribution is -0.0505. The van der Waals surface area contributed by atoms with E-state index in [1.54, 1.807) is 36.9 Å². The molecule has 0 amide bonds. The van der Waals surface area contributed by atoms with Gasteiger partial charge in [-0.1, -0.05) is 23.8 Å². The van der Waals surface area contributed by atoms with E-state index >= 15 is 0 Å². The molecule has 0 spiro atoms. The van der Waals surface area contributed by atoms with Crippen molar-refractivity contribution in [1.29, 1.82) is 0 Å². The first kappa shape index (κ1) is 23.1. The number of ether oxygens (including phenoxy) is 2. The average molecular weight is 462 g/mol. The van der Waals surface area contributed by atoms with Gasteiger partial charge in [0.05, 0.1) is 36.3 Å². The summed E-state index contributed by atoms with van der Waals surface area (Å²) in [7, 11) is 1.54. The quantitative estimate of drug-likeness (QED) is 0.602. The van der Waals surface area contributed by atoms with Crippen molar-refractivity contribution >= 4 is 16.5 Å². The van der Waals surface area contributed by atoms with E-state index in [-0.39, 0.29) is 30.4 Å². The van der Waals surface area contributed by atoms with Crippen molar-refractivity contribution in [2.45, 2.75) is 45.6 Å². The van der Waals surface area contributed by atoms with Gasteiger partial charge in [-0.25, -0.2) is 4.39 Å². The highest BCUT2D eigenvalue weighted by Gasteiger charge is 2.23. The summed E-state index contributed by atoms with van der Waals surface area (Å²) >= 11 is 0. The Hall–Kier alpha value is -3.04. The molecule has 3 aromatic rings. The molecule has 1 aromatic heterocycles. The second kappa shape index (κ2) is 9.07. The van der Waals surface area contributed by atoms with E-state index in [4.69, 9.17) is 4.74 Å². The Morgan fingerprint density at radius 3 is 2.67 bits per heavy atom. The molecule has 2 unspecified atom stereocenters. The van der Waals surface area contributed by atoms with E-state index in [0.29, 0.717) is 28.6 Å². The smallest absolute Gasteiger partial charge is 0.387 e. The van der Waals surface area contributed by atoms with Crippen molar-refractivity contribution < 1.29 is 27.8 Å². The molecule has 1 aliphatic rings. The van der Waals surface area contributed by atoms with E-state index in [2.05, 4.69) is 4.74 Å². The van der Waals surface area contributed by atoms with Crippen molar-refractivity contribution in [2.75, 3.05) is 6.61 Å². The fraction of sp³-hybridized carbons (Fsp3) is 0.375. The third-order valence-electron chi connectivity index (χ3n) is 5.94. The number of rotatable bonds is 6. The molecule has 2 aromatic carbocycles. The van der Waals surface area contributed by atoms with Gasteiger partial charge >= 0.3 is 6.61 Å². The Bertz CT molecular complexity index is 1280. The summed E-state index contributed by atoms with van der Waals surface area (Å²) in [6, 6.07) is 7.61. The number of hydrogen-bond donors (Lipinski definition) is 1. The van der Waals surface area contributed by atoms with Crippen LogP contribution in [0.25, 0.3) is 16.5 Å². The van der Waals surface area contributed by atoms with Gasteiger partial charge in [0.15, 0.2) is 0 Å². The van der Waals surface area contributed by atoms with Crippen LogP contribution < -0.4 is 10.3 Å². The number of aromatic nitrogens is 2. The highest BCUT2D eigenvalue weighted by molar-refractivity contribution is 5.84. The molecule has 176 valence electrons. The summed E-state index contributed by atoms with van der Waals surface area (Å²) < 4.78 is 54.0. The number of benzene rings is 2. The van der Waals surface area contributed by atoms with Crippen molar-refractivity contribution in [1.82, 2.24) is 9.36 Å². The third kappa shape index (κ3) is 4.56. The molecule has 2 atom stereocenters. The van der Waals surface area contributed by atoms with Gasteiger partial charge in [-0.3, -0.25) is 14.2 Å². The predicted octanol–water partition coefficient (Wildman–Crippen LogP) is 3.99. The van der Waals surface area contributed by atoms with E-state index in [0.717, 1.165) is 5.56 Å². The maximum atomic E-state index is 15.0. The fourth-order valence-corrected chi connectivity index (χ4v) is 4.14. The highest BCUT2D eigenvalue weighted by Crippen LogP contribution is 2.29. The Morgan fingerprint density at radius 1 is 1.27 bits per heavy atom. The molecule has 2 heterocycles. The largest absolute Gasteiger partial charge is 0.434 e. The maximum absolute atomic E-state index is 15.0. The number of hydrogen-bond acceptors (Lipinski definition) is 4. The first-order chi connectivity index (χ1) is 15.7. The van der Waals surface area contributed by atoms with E-state index < -0.39 is 24.1 Å². The van der Waals surface area contributed by atoms with Crippen LogP contribution >= 0.6 is 0 Å². The lowest BCUT2D eigenvalue weighted by atomic mass is 9.99. The van der Waals surface area contributed by atoms with Gasteiger partial charge in [-0.2, -0.15) is 8.78 Å². The number of aliphatic hydroxyl groups excluding tert-OH is 1. The zero-order valence-electron chi connectivity index (χ0n) is 18.5. The Morgan fingerprint density at radius 2 is 2.03 bits per heavy atom. The number of halogens is 3. The second-order valence-electron chi connectivity index (χ2n) is 8.28. The predicted molar refractivity (Wildman–Crippen MR) is 118 cm³/mol. The minimum absolute atomic E-state index is 0.0137. The lowest BCUT2D eigenvalue weighted by Crippen LogP contribution is -2.29. The molecule has 4 rings (SSSR count). The summed E-state index contributed by atoms with van der Waals surface area (Å²) in [4.78, 5) is 12.8. The number of fused-ring (bicyclic) bond motifs is 1. The summed E-state index contributed by atoms with van der Waals surface area (Å²) in [5.74, 6) is -0.542. The van der Waals surface area contributed by atoms with Gasteiger partial charge in [0.1, 0.15) is 11.6 Å². The molecule has 0 bridgehead atoms. The Kier molecular flexibility index (Phi) is 6.36. The lowest BCUT2D eigenvalue weighted by Gasteiger charge is -2.25. The van der Waals surface area contributed by atoms with E-state index in [1.165, 1.54) is 16.8 Å². The summed E-state index contributed by atoms with van der Waals surface area (Å²) in [6.45, 7) is 0.673. The van der Waals surface area contributed by atoms with Crippen LogP contribution in [-0.2, 0) is 18.3 Å². The normalized spacial score (nSPS) is 17.5. The van der Waals surface area contributed by atoms with Crippen LogP contribution in [0.2, 0.25) is 0 Å². The first-order valence-corrected chi connectivity index (χ1v) is 10.6. The molecule has 0 aliphatic carbocycles. The van der Waals surface area contributed by atoms with Gasteiger partial charge in [0.25, 0.3) is 5.56 Å². The molecule has 1 aliphatic heterocycles. The number of nitrogens with zero attached hydrogens (tertiary/aromatic N) is 2. The number of alkyl halides is 2. The highest BCUT2D eigenvalue weighted by atomic mass is 19.3. The van der Waals surface area contributed by atoms with Crippen molar-refractivity contribution in [3.63, 3.8) is 0 Å². The van der Waals surface area contributed by atoms with Crippen molar-refractivity contribution in [3.8, 4) is 5.75 Å². The SMILES string of the molecule is Cc1ccc(OC(F)F)c(Cn2c3cc(C4=CCC(C(C)O)OC4)c(F)cc3c(=O)n2C)c1. The Labute approximate surface area is 188 Å². The maximum Gasteiger partial charge on any atom is 0.387 e. The molecule has 0 saturated heterocycles. The third-order valence-corrected chi connectivity index (χ3v) is 5.94. The number of aryl methyl sites for hydroxylation is 1. The molecule has 33 heavy (non-hydrogen) atoms. The minimum Gasteiger partial charge on any atom is -0.434 e. The zero-order chi connectivity index (χ0) is 23.9. The van der Waals surface area contributed by atoms with E-state index in [1.807, 2.05) is 13.0 Å². The second-order valence-corrected chi connectivity index (χ2v) is 8.28. The van der Waals surface area contributed by atoms with Crippen LogP contribution in [0, 0.1) is 12.7 Å². The monoisotopic (exact) mass is 462 g/mol. The summed E-state index contributed by atoms with van der Waals surface area (Å²) in [5.41, 5.74) is 2.28. The van der Waals surface area contributed by atoms with Crippen LogP contribution in [0.1, 0.15) is 30.0 Å². The summed E-state index contributed by atoms with van der Waals surface area (Å²) in [5, 5.41) is 9.89. The summed E-state index contributed by atoms with van der Waals surface area (Å²) in [6.07, 6.45) is 1.26. The molecular formula is C24H25F3N2O4. The van der Waals surface area contributed by atoms with Crippen LogP contribution in [-0.4, -0.2) is 39.9 Å². The molecule has 1 N–H and O–H groups in total. The molecule has 0 radical (unpaired) electrons. The van der Waals surface area contributed by atoms with Crippen LogP contribution in [0.15, 0.2) is 41.2 Å². The fourth-order valence-electron chi connectivity index (χ4n) is 4.14. The molecule has 9 heteroatoms. The van der Waals surface area contributed by atoms with Gasteiger partial charge < -0.3 is 14.6 Å². The Balaban J connectivity index is 1.79. The molecule has 6 nitrogen and oxygen atoms in total. The average Bonchev–Trinajstić information content (AvgIpc) is 2.99. The van der Waals surface area contributed by atoms with Gasteiger partial charge in [-0.05, 0) is 44.0 Å². The number of aliphatic hydroxyl groups is 1. The topological polar surface area (TPSA) is 65.6 Å².